The molecular formula is C9H11O5P. The van der Waals surface area contributed by atoms with Gasteiger partial charge in [-0.2, -0.15) is 0 Å². The van der Waals surface area contributed by atoms with Crippen molar-refractivity contribution in [2.24, 2.45) is 0 Å². The first kappa shape index (κ1) is 11.8. The lowest BCUT2D eigenvalue weighted by molar-refractivity contribution is 0.169. The molecule has 0 amide bonds. The number of carbonyl (C=O) groups is 1. The summed E-state index contributed by atoms with van der Waals surface area (Å²) in [5, 5.41) is 0. The molecule has 1 N–H and O–H groups in total. The fourth-order valence-electron chi connectivity index (χ4n) is 0.867. The number of rotatable bonds is 4. The van der Waals surface area contributed by atoms with Crippen molar-refractivity contribution in [3.63, 3.8) is 0 Å². The first-order valence-electron chi connectivity index (χ1n) is 4.31. The molecule has 0 aliphatic heterocycles. The van der Waals surface area contributed by atoms with Crippen LogP contribution in [0.15, 0.2) is 30.3 Å². The van der Waals surface area contributed by atoms with Gasteiger partial charge in [-0.3, -0.25) is 0 Å². The van der Waals surface area contributed by atoms with E-state index in [-0.39, 0.29) is 12.4 Å². The van der Waals surface area contributed by atoms with Crippen molar-refractivity contribution in [3.05, 3.63) is 30.3 Å². The summed E-state index contributed by atoms with van der Waals surface area (Å²) in [7, 11) is -4.38. The molecule has 82 valence electrons. The summed E-state index contributed by atoms with van der Waals surface area (Å²) >= 11 is 0. The molecule has 1 aromatic rings. The predicted octanol–water partition coefficient (Wildman–Crippen LogP) is 2.41. The SMILES string of the molecule is CCOC(=O)P(=O)(O)Oc1ccccc1. The summed E-state index contributed by atoms with van der Waals surface area (Å²) < 4.78 is 20.4. The quantitative estimate of drug-likeness (QED) is 0.804. The summed E-state index contributed by atoms with van der Waals surface area (Å²) in [6.07, 6.45) is 0. The number of ether oxygens (including phenoxy) is 1. The van der Waals surface area contributed by atoms with Gasteiger partial charge < -0.3 is 14.2 Å². The Morgan fingerprint density at radius 1 is 1.40 bits per heavy atom. The molecule has 1 aromatic carbocycles. The molecule has 1 rings (SSSR count). The summed E-state index contributed by atoms with van der Waals surface area (Å²) in [5.41, 5.74) is -1.24. The molecule has 15 heavy (non-hydrogen) atoms. The third kappa shape index (κ3) is 3.38. The van der Waals surface area contributed by atoms with Crippen molar-refractivity contribution in [3.8, 4) is 5.75 Å². The van der Waals surface area contributed by atoms with E-state index in [0.29, 0.717) is 0 Å². The lowest BCUT2D eigenvalue weighted by Gasteiger charge is -2.11. The molecule has 0 aliphatic rings. The van der Waals surface area contributed by atoms with E-state index in [1.54, 1.807) is 25.1 Å². The molecule has 0 aromatic heterocycles. The van der Waals surface area contributed by atoms with E-state index in [1.807, 2.05) is 0 Å². The van der Waals surface area contributed by atoms with Gasteiger partial charge in [-0.1, -0.05) is 18.2 Å². The third-order valence-electron chi connectivity index (χ3n) is 1.47. The normalized spacial score (nSPS) is 14.0. The average molecular weight is 230 g/mol. The molecule has 0 saturated heterocycles. The highest BCUT2D eigenvalue weighted by molar-refractivity contribution is 7.70. The van der Waals surface area contributed by atoms with Crippen LogP contribution in [0.25, 0.3) is 0 Å². The Balaban J connectivity index is 2.73. The standard InChI is InChI=1S/C9H11O5P/c1-2-13-9(10)15(11,12)14-8-6-4-3-5-7-8/h3-7H,2H2,1H3,(H,11,12). The van der Waals surface area contributed by atoms with Gasteiger partial charge in [0.15, 0.2) is 0 Å². The van der Waals surface area contributed by atoms with Crippen molar-refractivity contribution in [1.29, 1.82) is 0 Å². The minimum absolute atomic E-state index is 0.0293. The van der Waals surface area contributed by atoms with Crippen LogP contribution in [0.3, 0.4) is 0 Å². The van der Waals surface area contributed by atoms with Crippen LogP contribution in [-0.2, 0) is 9.30 Å². The van der Waals surface area contributed by atoms with E-state index in [0.717, 1.165) is 0 Å². The van der Waals surface area contributed by atoms with Crippen molar-refractivity contribution < 1.29 is 23.5 Å². The minimum Gasteiger partial charge on any atom is -0.456 e. The monoisotopic (exact) mass is 230 g/mol. The number of para-hydroxylation sites is 1. The Kier molecular flexibility index (Phi) is 3.88. The Bertz CT molecular complexity index is 375. The Morgan fingerprint density at radius 2 is 2.00 bits per heavy atom. The van der Waals surface area contributed by atoms with E-state index in [4.69, 9.17) is 0 Å². The summed E-state index contributed by atoms with van der Waals surface area (Å²) in [6.45, 7) is 1.57. The first-order valence-corrected chi connectivity index (χ1v) is 5.89. The van der Waals surface area contributed by atoms with Gasteiger partial charge in [-0.25, -0.2) is 9.36 Å². The maximum absolute atomic E-state index is 11.3. The van der Waals surface area contributed by atoms with Gasteiger partial charge >= 0.3 is 13.3 Å². The predicted molar refractivity (Wildman–Crippen MR) is 53.9 cm³/mol. The molecule has 0 saturated carbocycles. The van der Waals surface area contributed by atoms with Gasteiger partial charge in [0.05, 0.1) is 6.61 Å². The molecule has 0 spiro atoms. The van der Waals surface area contributed by atoms with Crippen LogP contribution in [0.1, 0.15) is 6.92 Å². The van der Waals surface area contributed by atoms with Crippen molar-refractivity contribution in [1.82, 2.24) is 0 Å². The maximum atomic E-state index is 11.3. The van der Waals surface area contributed by atoms with Crippen LogP contribution in [-0.4, -0.2) is 17.2 Å². The van der Waals surface area contributed by atoms with E-state index >= 15 is 0 Å². The second-order valence-corrected chi connectivity index (χ2v) is 4.21. The van der Waals surface area contributed by atoms with Crippen molar-refractivity contribution in [2.45, 2.75) is 6.92 Å². The van der Waals surface area contributed by atoms with E-state index < -0.39 is 13.3 Å². The van der Waals surface area contributed by atoms with Crippen LogP contribution in [0.4, 0.5) is 4.79 Å². The summed E-state index contributed by atoms with van der Waals surface area (Å²) in [4.78, 5) is 20.2. The van der Waals surface area contributed by atoms with Gasteiger partial charge in [-0.15, -0.1) is 0 Å². The summed E-state index contributed by atoms with van der Waals surface area (Å²) in [6, 6.07) is 7.92. The van der Waals surface area contributed by atoms with Gasteiger partial charge in [0.1, 0.15) is 5.75 Å². The van der Waals surface area contributed by atoms with Gasteiger partial charge in [0.2, 0.25) is 0 Å². The molecule has 6 heteroatoms. The second-order valence-electron chi connectivity index (χ2n) is 2.62. The molecule has 1 atom stereocenters. The highest BCUT2D eigenvalue weighted by Gasteiger charge is 2.34. The highest BCUT2D eigenvalue weighted by atomic mass is 31.2. The van der Waals surface area contributed by atoms with E-state index in [2.05, 4.69) is 9.26 Å². The fraction of sp³-hybridized carbons (Fsp3) is 0.222. The number of hydrogen-bond acceptors (Lipinski definition) is 4. The first-order chi connectivity index (χ1) is 7.06. The molecule has 0 heterocycles. The van der Waals surface area contributed by atoms with Crippen molar-refractivity contribution in [2.75, 3.05) is 6.61 Å². The number of benzene rings is 1. The zero-order valence-corrected chi connectivity index (χ0v) is 9.02. The number of hydrogen-bond donors (Lipinski definition) is 1. The zero-order valence-electron chi connectivity index (χ0n) is 8.12. The van der Waals surface area contributed by atoms with E-state index in [9.17, 15) is 14.3 Å². The molecular weight excluding hydrogens is 219 g/mol. The maximum Gasteiger partial charge on any atom is 0.485 e. The summed E-state index contributed by atoms with van der Waals surface area (Å²) in [5.74, 6) is 0.149. The van der Waals surface area contributed by atoms with Crippen molar-refractivity contribution >= 4 is 13.3 Å². The minimum atomic E-state index is -4.38. The zero-order chi connectivity index (χ0) is 11.3. The fourth-order valence-corrected chi connectivity index (χ4v) is 1.64. The smallest absolute Gasteiger partial charge is 0.456 e. The van der Waals surface area contributed by atoms with Crippen LogP contribution in [0, 0.1) is 0 Å². The van der Waals surface area contributed by atoms with Crippen LogP contribution < -0.4 is 4.52 Å². The van der Waals surface area contributed by atoms with Crippen LogP contribution >= 0.6 is 7.60 Å². The highest BCUT2D eigenvalue weighted by Crippen LogP contribution is 2.44. The Hall–Kier alpha value is -1.32. The average Bonchev–Trinajstić information content (AvgIpc) is 2.19. The number of carbonyl (C=O) groups excluding carboxylic acids is 1. The second kappa shape index (κ2) is 4.96. The topological polar surface area (TPSA) is 72.8 Å². The molecule has 0 radical (unpaired) electrons. The molecule has 1 unspecified atom stereocenters. The van der Waals surface area contributed by atoms with Gasteiger partial charge in [0, 0.05) is 0 Å². The van der Waals surface area contributed by atoms with Crippen LogP contribution in [0.2, 0.25) is 0 Å². The van der Waals surface area contributed by atoms with Gasteiger partial charge in [0.25, 0.3) is 0 Å². The molecule has 0 aliphatic carbocycles. The largest absolute Gasteiger partial charge is 0.485 e. The van der Waals surface area contributed by atoms with E-state index in [1.165, 1.54) is 12.1 Å². The molecule has 0 fully saturated rings. The molecule has 5 nitrogen and oxygen atoms in total. The third-order valence-corrected chi connectivity index (χ3v) is 2.52. The lowest BCUT2D eigenvalue weighted by atomic mass is 10.3. The Morgan fingerprint density at radius 3 is 2.53 bits per heavy atom. The Labute approximate surface area is 87.2 Å². The van der Waals surface area contributed by atoms with Crippen LogP contribution in [0.5, 0.6) is 5.75 Å². The lowest BCUT2D eigenvalue weighted by Crippen LogP contribution is -2.07. The van der Waals surface area contributed by atoms with Gasteiger partial charge in [-0.05, 0) is 19.1 Å². The molecule has 0 bridgehead atoms.